The Labute approximate surface area is 358 Å². The van der Waals surface area contributed by atoms with Gasteiger partial charge in [0.1, 0.15) is 11.5 Å². The first-order valence-corrected chi connectivity index (χ1v) is 22.1. The Morgan fingerprint density at radius 1 is 0.850 bits per heavy atom. The Morgan fingerprint density at radius 2 is 1.37 bits per heavy atom. The molecule has 0 spiro atoms. The topological polar surface area (TPSA) is 298 Å². The van der Waals surface area contributed by atoms with Gasteiger partial charge in [-0.3, -0.25) is 20.0 Å². The van der Waals surface area contributed by atoms with Crippen LogP contribution in [0.3, 0.4) is 0 Å². The maximum Gasteiger partial charge on any atom is 0.335 e. The Morgan fingerprint density at radius 3 is 1.90 bits per heavy atom. The second-order valence-electron chi connectivity index (χ2n) is 14.1. The number of nitrogens with one attached hydrogen (secondary N) is 1. The molecular weight excluding hydrogens is 836 g/mol. The molecule has 1 aromatic heterocycles. The van der Waals surface area contributed by atoms with E-state index in [2.05, 4.69) is 44.5 Å². The van der Waals surface area contributed by atoms with Gasteiger partial charge in [0.15, 0.2) is 38.3 Å². The van der Waals surface area contributed by atoms with E-state index in [1.165, 1.54) is 23.3 Å². The molecular formula is C40H53ClN8O9S2. The number of carbonyl (C=O) groups is 1. The standard InChI is InChI=1S/C40H53ClN8O7S.O2S/c1-3-27-20-28(14-16-31(27)50)33(52)22-49(23-34(53)29-15-17-32(51)30(21-29)24-57(2,55)56)19-7-5-9-26-12-10-25(11-13-26)8-4-6-18-45-40(44)48-39(54)35-37(42)47-38(43)36(41)46-35;1-3-2/h10-17,20-21,33-34,50-53H,3-9,18-19,22-24H2,1-2H3,(H4,42,43,47)(H3,44,45,48,54);/t33-,34-;/m0./s1. The van der Waals surface area contributed by atoms with Crippen LogP contribution in [0.25, 0.3) is 0 Å². The van der Waals surface area contributed by atoms with Gasteiger partial charge in [-0.2, -0.15) is 8.42 Å². The van der Waals surface area contributed by atoms with E-state index in [1.807, 2.05) is 11.8 Å². The molecule has 0 bridgehead atoms. The highest BCUT2D eigenvalue weighted by molar-refractivity contribution is 7.89. The number of aliphatic imine (C=N–C) groups is 1. The quantitative estimate of drug-likeness (QED) is 0.0359. The molecule has 0 aliphatic rings. The van der Waals surface area contributed by atoms with Crippen molar-refractivity contribution in [3.05, 3.63) is 105 Å². The molecule has 0 fully saturated rings. The van der Waals surface area contributed by atoms with E-state index in [0.29, 0.717) is 30.6 Å². The molecule has 0 saturated carbocycles. The summed E-state index contributed by atoms with van der Waals surface area (Å²) in [7, 11) is -3.42. The molecule has 2 atom stereocenters. The lowest BCUT2D eigenvalue weighted by molar-refractivity contribution is 0.0678. The number of nitrogen functional groups attached to an aromatic ring is 2. The van der Waals surface area contributed by atoms with Gasteiger partial charge in [0.25, 0.3) is 5.91 Å². The number of nitrogens with two attached hydrogens (primary N) is 3. The van der Waals surface area contributed by atoms with Crippen molar-refractivity contribution in [2.75, 3.05) is 43.9 Å². The fraction of sp³-hybridized carbons (Fsp3) is 0.400. The lowest BCUT2D eigenvalue weighted by Gasteiger charge is -2.28. The third kappa shape index (κ3) is 16.5. The number of aliphatic hydroxyl groups excluding tert-OH is 2. The van der Waals surface area contributed by atoms with E-state index in [-0.39, 0.29) is 64.3 Å². The number of aliphatic hydroxyl groups is 2. The second-order valence-corrected chi connectivity index (χ2v) is 16.8. The number of sulfone groups is 1. The highest BCUT2D eigenvalue weighted by Crippen LogP contribution is 2.27. The number of rotatable bonds is 20. The Balaban J connectivity index is 0.00000311. The molecule has 20 heteroatoms. The number of hydrogen-bond acceptors (Lipinski definition) is 15. The molecule has 17 nitrogen and oxygen atoms in total. The number of anilines is 2. The number of benzene rings is 3. The van der Waals surface area contributed by atoms with Crippen LogP contribution in [0.2, 0.25) is 5.15 Å². The monoisotopic (exact) mass is 888 g/mol. The number of aromatic nitrogens is 2. The van der Waals surface area contributed by atoms with Crippen LogP contribution in [0, 0.1) is 0 Å². The summed E-state index contributed by atoms with van der Waals surface area (Å²) in [4.78, 5) is 26.2. The predicted molar refractivity (Wildman–Crippen MR) is 232 cm³/mol. The summed E-state index contributed by atoms with van der Waals surface area (Å²) in [6, 6.07) is 17.9. The van der Waals surface area contributed by atoms with Gasteiger partial charge >= 0.3 is 11.6 Å². The lowest BCUT2D eigenvalue weighted by Crippen LogP contribution is -2.38. The Hall–Kier alpha value is -5.18. The van der Waals surface area contributed by atoms with Gasteiger partial charge in [-0.15, -0.1) is 0 Å². The summed E-state index contributed by atoms with van der Waals surface area (Å²) >= 11 is 5.09. The van der Waals surface area contributed by atoms with Crippen LogP contribution in [0.5, 0.6) is 11.5 Å². The van der Waals surface area contributed by atoms with Crippen molar-refractivity contribution >= 4 is 56.5 Å². The van der Waals surface area contributed by atoms with Gasteiger partial charge in [-0.25, -0.2) is 18.4 Å². The van der Waals surface area contributed by atoms with E-state index in [1.54, 1.807) is 24.3 Å². The van der Waals surface area contributed by atoms with Crippen LogP contribution in [-0.2, 0) is 46.4 Å². The van der Waals surface area contributed by atoms with Gasteiger partial charge in [-0.05, 0) is 104 Å². The summed E-state index contributed by atoms with van der Waals surface area (Å²) in [6.07, 6.45) is 4.73. The molecule has 0 radical (unpaired) electrons. The van der Waals surface area contributed by atoms with E-state index >= 15 is 0 Å². The smallest absolute Gasteiger partial charge is 0.335 e. The van der Waals surface area contributed by atoms with E-state index in [9.17, 15) is 33.6 Å². The van der Waals surface area contributed by atoms with Crippen molar-refractivity contribution in [3.8, 4) is 11.5 Å². The van der Waals surface area contributed by atoms with Gasteiger partial charge in [0, 0.05) is 31.5 Å². The predicted octanol–water partition coefficient (Wildman–Crippen LogP) is 3.30. The van der Waals surface area contributed by atoms with Crippen LogP contribution in [0.4, 0.5) is 11.6 Å². The highest BCUT2D eigenvalue weighted by Gasteiger charge is 2.21. The molecule has 1 heterocycles. The van der Waals surface area contributed by atoms with Crippen LogP contribution < -0.4 is 22.5 Å². The SMILES string of the molecule is CCc1cc([C@@H](O)CN(CCCCc2ccc(CCCCN=C(N)NC(=O)c3nc(Cl)c(N)nc3N)cc2)C[C@H](O)c2ccc(O)c(CS(C)(=O)=O)c2)ccc1O.O=S=O. The number of phenolic OH excluding ortho intramolecular Hbond substituents is 2. The number of guanidine groups is 1. The number of aryl methyl sites for hydroxylation is 3. The minimum Gasteiger partial charge on any atom is -0.508 e. The zero-order valence-electron chi connectivity index (χ0n) is 33.5. The van der Waals surface area contributed by atoms with Gasteiger partial charge in [0.05, 0.1) is 18.0 Å². The first kappa shape index (κ1) is 49.2. The highest BCUT2D eigenvalue weighted by atomic mass is 35.5. The number of amides is 1. The zero-order valence-corrected chi connectivity index (χ0v) is 35.8. The minimum atomic E-state index is -3.42. The van der Waals surface area contributed by atoms with E-state index in [4.69, 9.17) is 37.2 Å². The molecule has 60 heavy (non-hydrogen) atoms. The average molecular weight is 889 g/mol. The van der Waals surface area contributed by atoms with Gasteiger partial charge in [-0.1, -0.05) is 54.9 Å². The number of halogens is 1. The van der Waals surface area contributed by atoms with Crippen LogP contribution in [0.1, 0.15) is 88.7 Å². The van der Waals surface area contributed by atoms with Crippen LogP contribution >= 0.6 is 11.6 Å². The van der Waals surface area contributed by atoms with Crippen molar-refractivity contribution in [1.29, 1.82) is 0 Å². The third-order valence-corrected chi connectivity index (χ3v) is 10.5. The van der Waals surface area contributed by atoms with Crippen molar-refractivity contribution in [1.82, 2.24) is 20.2 Å². The minimum absolute atomic E-state index is 0.0743. The summed E-state index contributed by atoms with van der Waals surface area (Å²) in [5.41, 5.74) is 21.3. The van der Waals surface area contributed by atoms with Gasteiger partial charge in [0.2, 0.25) is 0 Å². The number of hydrogen-bond donors (Lipinski definition) is 8. The van der Waals surface area contributed by atoms with Crippen LogP contribution in [-0.4, -0.2) is 96.4 Å². The first-order chi connectivity index (χ1) is 28.4. The lowest BCUT2D eigenvalue weighted by atomic mass is 10.0. The summed E-state index contributed by atoms with van der Waals surface area (Å²) in [5, 5.41) is 45.1. The molecule has 3 aromatic carbocycles. The van der Waals surface area contributed by atoms with Crippen molar-refractivity contribution in [3.63, 3.8) is 0 Å². The van der Waals surface area contributed by atoms with E-state index < -0.39 is 39.5 Å². The van der Waals surface area contributed by atoms with Crippen molar-refractivity contribution in [2.45, 2.75) is 69.8 Å². The molecule has 11 N–H and O–H groups in total. The fourth-order valence-electron chi connectivity index (χ4n) is 6.26. The number of phenols is 2. The average Bonchev–Trinajstić information content (AvgIpc) is 3.18. The number of unbranched alkanes of at least 4 members (excludes halogenated alkanes) is 2. The molecule has 4 rings (SSSR count). The number of carbonyl (C=O) groups excluding carboxylic acids is 1. The summed E-state index contributed by atoms with van der Waals surface area (Å²) < 4.78 is 40.4. The maximum absolute atomic E-state index is 12.4. The second kappa shape index (κ2) is 24.2. The molecule has 326 valence electrons. The van der Waals surface area contributed by atoms with Gasteiger partial charge < -0.3 is 37.6 Å². The number of aromatic hydroxyl groups is 2. The van der Waals surface area contributed by atoms with Crippen molar-refractivity contribution in [2.24, 2.45) is 10.7 Å². The normalized spacial score (nSPS) is 12.7. The molecule has 0 aliphatic heterocycles. The number of nitrogens with zero attached hydrogens (tertiary/aromatic N) is 4. The van der Waals surface area contributed by atoms with E-state index in [0.717, 1.165) is 50.3 Å². The molecule has 0 saturated heterocycles. The summed E-state index contributed by atoms with van der Waals surface area (Å²) in [6.45, 7) is 3.31. The first-order valence-electron chi connectivity index (χ1n) is 19.0. The molecule has 4 aromatic rings. The maximum atomic E-state index is 12.4. The fourth-order valence-corrected chi connectivity index (χ4v) is 7.19. The Kier molecular flexibility index (Phi) is 19.8. The Bertz CT molecular complexity index is 2230. The summed E-state index contributed by atoms with van der Waals surface area (Å²) in [5.74, 6) is -1.36. The third-order valence-electron chi connectivity index (χ3n) is 9.37. The van der Waals surface area contributed by atoms with Crippen LogP contribution in [0.15, 0.2) is 65.7 Å². The zero-order chi connectivity index (χ0) is 44.4. The molecule has 0 unspecified atom stereocenters. The largest absolute Gasteiger partial charge is 0.508 e. The molecule has 1 amide bonds. The molecule has 0 aliphatic carbocycles. The van der Waals surface area contributed by atoms with Crippen molar-refractivity contribution < 1.29 is 42.1 Å².